The van der Waals surface area contributed by atoms with Gasteiger partial charge in [-0.15, -0.1) is 0 Å². The van der Waals surface area contributed by atoms with Gasteiger partial charge < -0.3 is 14.9 Å². The minimum absolute atomic E-state index is 0.0919. The molecule has 140 valence electrons. The molecule has 0 spiro atoms. The van der Waals surface area contributed by atoms with E-state index in [4.69, 9.17) is 0 Å². The number of benzene rings is 1. The van der Waals surface area contributed by atoms with Gasteiger partial charge in [-0.3, -0.25) is 0 Å². The first-order chi connectivity index (χ1) is 12.4. The molecule has 5 aliphatic rings. The zero-order valence-electron chi connectivity index (χ0n) is 15.4. The normalized spacial score (nSPS) is 44.2. The smallest absolute Gasteiger partial charge is 0.320 e. The number of halogens is 1. The molecule has 6 rings (SSSR count). The van der Waals surface area contributed by atoms with Crippen LogP contribution in [0, 0.1) is 23.6 Å². The number of hydrogen-bond donors (Lipinski definition) is 1. The first-order valence-electron chi connectivity index (χ1n) is 9.89. The standard InChI is InChI=1S/C21H27FN2O2/c1-12-11-24(20(25)23(12)2)19-14-7-13-8-16(19)18(21(26,9-13)10-14)15-5-3-4-6-17(15)22/h3-6,12-14,16,18-19,26H,7-11H2,1-2H3. The van der Waals surface area contributed by atoms with Crippen LogP contribution >= 0.6 is 0 Å². The lowest BCUT2D eigenvalue weighted by Gasteiger charge is -2.63. The molecular formula is C21H27FN2O2. The first kappa shape index (κ1) is 16.5. The topological polar surface area (TPSA) is 43.8 Å². The fourth-order valence-electron chi connectivity index (χ4n) is 6.79. The molecule has 1 heterocycles. The summed E-state index contributed by atoms with van der Waals surface area (Å²) in [6.07, 6.45) is 3.54. The van der Waals surface area contributed by atoms with Crippen molar-refractivity contribution >= 4 is 6.03 Å². The highest BCUT2D eigenvalue weighted by atomic mass is 19.1. The lowest BCUT2D eigenvalue weighted by atomic mass is 9.46. The molecule has 26 heavy (non-hydrogen) atoms. The summed E-state index contributed by atoms with van der Waals surface area (Å²) in [5.41, 5.74) is -0.188. The number of nitrogens with zero attached hydrogens (tertiary/aromatic N) is 2. The molecule has 7 unspecified atom stereocenters. The lowest BCUT2D eigenvalue weighted by Crippen LogP contribution is -2.65. The molecule has 0 radical (unpaired) electrons. The predicted octanol–water partition coefficient (Wildman–Crippen LogP) is 3.21. The minimum Gasteiger partial charge on any atom is -0.389 e. The Balaban J connectivity index is 1.57. The van der Waals surface area contributed by atoms with E-state index in [-0.39, 0.29) is 35.8 Å². The fourth-order valence-corrected chi connectivity index (χ4v) is 6.79. The van der Waals surface area contributed by atoms with Crippen LogP contribution in [0.5, 0.6) is 0 Å². The van der Waals surface area contributed by atoms with E-state index in [0.29, 0.717) is 23.8 Å². The van der Waals surface area contributed by atoms with E-state index in [0.717, 1.165) is 25.8 Å². The van der Waals surface area contributed by atoms with Gasteiger partial charge in [0.1, 0.15) is 5.82 Å². The quantitative estimate of drug-likeness (QED) is 0.882. The van der Waals surface area contributed by atoms with Crippen molar-refractivity contribution in [1.82, 2.24) is 9.80 Å². The maximum atomic E-state index is 14.7. The number of urea groups is 1. The van der Waals surface area contributed by atoms with Crippen molar-refractivity contribution in [2.45, 2.75) is 56.2 Å². The summed E-state index contributed by atoms with van der Waals surface area (Å²) in [7, 11) is 1.87. The van der Waals surface area contributed by atoms with Gasteiger partial charge in [-0.1, -0.05) is 18.2 Å². The zero-order valence-corrected chi connectivity index (χ0v) is 15.4. The van der Waals surface area contributed by atoms with Crippen molar-refractivity contribution < 1.29 is 14.3 Å². The molecule has 1 aromatic rings. The van der Waals surface area contributed by atoms with Gasteiger partial charge in [-0.25, -0.2) is 9.18 Å². The summed E-state index contributed by atoms with van der Waals surface area (Å²) in [5.74, 6) is 0.552. The summed E-state index contributed by atoms with van der Waals surface area (Å²) < 4.78 is 14.7. The van der Waals surface area contributed by atoms with Gasteiger partial charge in [0.25, 0.3) is 0 Å². The predicted molar refractivity (Wildman–Crippen MR) is 96.1 cm³/mol. The van der Waals surface area contributed by atoms with E-state index in [1.807, 2.05) is 29.0 Å². The monoisotopic (exact) mass is 358 g/mol. The largest absolute Gasteiger partial charge is 0.389 e. The summed E-state index contributed by atoms with van der Waals surface area (Å²) in [6.45, 7) is 2.82. The number of likely N-dealkylation sites (N-methyl/N-ethyl adjacent to an activating group) is 1. The molecule has 7 atom stereocenters. The van der Waals surface area contributed by atoms with Gasteiger partial charge in [0.2, 0.25) is 0 Å². The third kappa shape index (κ3) is 2.13. The molecule has 1 aromatic carbocycles. The van der Waals surface area contributed by atoms with E-state index in [1.165, 1.54) is 6.07 Å². The van der Waals surface area contributed by atoms with Gasteiger partial charge in [0.15, 0.2) is 0 Å². The average molecular weight is 358 g/mol. The number of aliphatic hydroxyl groups is 1. The summed E-state index contributed by atoms with van der Waals surface area (Å²) >= 11 is 0. The molecule has 4 saturated carbocycles. The second-order valence-corrected chi connectivity index (χ2v) is 9.16. The second kappa shape index (κ2) is 5.44. The van der Waals surface area contributed by atoms with Crippen molar-refractivity contribution in [2.75, 3.05) is 13.6 Å². The second-order valence-electron chi connectivity index (χ2n) is 9.16. The SMILES string of the molecule is CC1CN(C2C3CC4CC2C(c2ccccc2F)C(O)(C4)C3)C(=O)N1C. The fraction of sp³-hybridized carbons (Fsp3) is 0.667. The van der Waals surface area contributed by atoms with Crippen molar-refractivity contribution in [3.8, 4) is 0 Å². The van der Waals surface area contributed by atoms with Crippen LogP contribution in [0.3, 0.4) is 0 Å². The highest BCUT2D eigenvalue weighted by molar-refractivity contribution is 5.77. The summed E-state index contributed by atoms with van der Waals surface area (Å²) in [6, 6.07) is 7.31. The van der Waals surface area contributed by atoms with Gasteiger partial charge in [0.05, 0.1) is 5.60 Å². The number of carbonyl (C=O) groups excluding carboxylic acids is 1. The van der Waals surface area contributed by atoms with Crippen molar-refractivity contribution in [1.29, 1.82) is 0 Å². The van der Waals surface area contributed by atoms with E-state index in [1.54, 1.807) is 6.07 Å². The van der Waals surface area contributed by atoms with Crippen LogP contribution in [0.15, 0.2) is 24.3 Å². The number of carbonyl (C=O) groups is 1. The van der Waals surface area contributed by atoms with Crippen molar-refractivity contribution in [3.63, 3.8) is 0 Å². The van der Waals surface area contributed by atoms with E-state index < -0.39 is 5.60 Å². The van der Waals surface area contributed by atoms with Gasteiger partial charge in [-0.05, 0) is 62.0 Å². The van der Waals surface area contributed by atoms with Crippen LogP contribution in [0.1, 0.15) is 44.1 Å². The summed E-state index contributed by atoms with van der Waals surface area (Å²) in [4.78, 5) is 16.7. The van der Waals surface area contributed by atoms with E-state index in [9.17, 15) is 14.3 Å². The highest BCUT2D eigenvalue weighted by Gasteiger charge is 2.63. The Kier molecular flexibility index (Phi) is 3.46. The van der Waals surface area contributed by atoms with Crippen LogP contribution in [0.4, 0.5) is 9.18 Å². The molecule has 0 aromatic heterocycles. The Morgan fingerprint density at radius 1 is 1.23 bits per heavy atom. The Morgan fingerprint density at radius 2 is 2.00 bits per heavy atom. The zero-order chi connectivity index (χ0) is 18.2. The molecule has 2 amide bonds. The maximum Gasteiger partial charge on any atom is 0.320 e. The molecule has 4 aliphatic carbocycles. The van der Waals surface area contributed by atoms with E-state index in [2.05, 4.69) is 6.92 Å². The first-order valence-corrected chi connectivity index (χ1v) is 9.89. The van der Waals surface area contributed by atoms with Crippen molar-refractivity contribution in [2.24, 2.45) is 17.8 Å². The van der Waals surface area contributed by atoms with Gasteiger partial charge in [0, 0.05) is 31.6 Å². The highest BCUT2D eigenvalue weighted by Crippen LogP contribution is 2.63. The van der Waals surface area contributed by atoms with Crippen LogP contribution in [0.25, 0.3) is 0 Å². The Hall–Kier alpha value is -1.62. The van der Waals surface area contributed by atoms with Crippen molar-refractivity contribution in [3.05, 3.63) is 35.6 Å². The molecule has 5 heteroatoms. The number of amides is 2. The van der Waals surface area contributed by atoms with Crippen LogP contribution in [-0.2, 0) is 0 Å². The molecule has 1 saturated heterocycles. The Labute approximate surface area is 154 Å². The van der Waals surface area contributed by atoms with Crippen LogP contribution in [-0.4, -0.2) is 52.2 Å². The van der Waals surface area contributed by atoms with Gasteiger partial charge in [-0.2, -0.15) is 0 Å². The third-order valence-corrected chi connectivity index (χ3v) is 7.70. The molecular weight excluding hydrogens is 331 g/mol. The third-order valence-electron chi connectivity index (χ3n) is 7.70. The molecule has 4 bridgehead atoms. The average Bonchev–Trinajstić information content (AvgIpc) is 2.83. The molecule has 5 fully saturated rings. The maximum absolute atomic E-state index is 14.7. The van der Waals surface area contributed by atoms with Gasteiger partial charge >= 0.3 is 6.03 Å². The van der Waals surface area contributed by atoms with Crippen LogP contribution in [0.2, 0.25) is 0 Å². The summed E-state index contributed by atoms with van der Waals surface area (Å²) in [5, 5.41) is 11.5. The number of hydrogen-bond acceptors (Lipinski definition) is 2. The van der Waals surface area contributed by atoms with E-state index >= 15 is 0 Å². The van der Waals surface area contributed by atoms with Crippen LogP contribution < -0.4 is 0 Å². The molecule has 4 nitrogen and oxygen atoms in total. The molecule has 1 N–H and O–H groups in total. The minimum atomic E-state index is -0.824. The Bertz CT molecular complexity index is 755. The lowest BCUT2D eigenvalue weighted by molar-refractivity contribution is -0.170. The number of rotatable bonds is 2. The Morgan fingerprint density at radius 3 is 2.69 bits per heavy atom. The molecule has 1 aliphatic heterocycles.